The van der Waals surface area contributed by atoms with Crippen molar-refractivity contribution >= 4 is 0 Å². The summed E-state index contributed by atoms with van der Waals surface area (Å²) >= 11 is 0. The van der Waals surface area contributed by atoms with Crippen LogP contribution in [0.15, 0.2) is 34.9 Å². The van der Waals surface area contributed by atoms with Crippen LogP contribution in [-0.4, -0.2) is 45.6 Å². The van der Waals surface area contributed by atoms with Gasteiger partial charge in [-0.15, -0.1) is 0 Å². The molecular formula is C20H28N4O. The quantitative estimate of drug-likeness (QED) is 0.804. The lowest BCUT2D eigenvalue weighted by Gasteiger charge is -2.24. The van der Waals surface area contributed by atoms with Crippen molar-refractivity contribution in [1.82, 2.24) is 19.9 Å². The van der Waals surface area contributed by atoms with Crippen molar-refractivity contribution in [3.8, 4) is 0 Å². The summed E-state index contributed by atoms with van der Waals surface area (Å²) in [6.07, 6.45) is 3.61. The first kappa shape index (κ1) is 16.7. The van der Waals surface area contributed by atoms with Gasteiger partial charge in [0.2, 0.25) is 5.89 Å². The lowest BCUT2D eigenvalue weighted by Crippen LogP contribution is -2.27. The van der Waals surface area contributed by atoms with E-state index >= 15 is 0 Å². The third kappa shape index (κ3) is 3.23. The van der Waals surface area contributed by atoms with Gasteiger partial charge in [0.25, 0.3) is 0 Å². The third-order valence-corrected chi connectivity index (χ3v) is 5.94. The van der Waals surface area contributed by atoms with Crippen LogP contribution in [0.25, 0.3) is 0 Å². The molecular weight excluding hydrogens is 312 g/mol. The van der Waals surface area contributed by atoms with Crippen LogP contribution < -0.4 is 0 Å². The summed E-state index contributed by atoms with van der Waals surface area (Å²) in [6, 6.07) is 11.9. The van der Waals surface area contributed by atoms with Gasteiger partial charge in [-0.25, -0.2) is 0 Å². The number of hydrogen-bond donors (Lipinski definition) is 0. The maximum atomic E-state index is 5.58. The van der Waals surface area contributed by atoms with Crippen LogP contribution in [0, 0.1) is 0 Å². The Balaban J connectivity index is 1.54. The zero-order valence-electron chi connectivity index (χ0n) is 15.3. The van der Waals surface area contributed by atoms with E-state index in [-0.39, 0.29) is 0 Å². The first-order valence-electron chi connectivity index (χ1n) is 9.65. The molecule has 2 fully saturated rings. The Bertz CT molecular complexity index is 682. The highest BCUT2D eigenvalue weighted by Crippen LogP contribution is 2.48. The fraction of sp³-hybridized carbons (Fsp3) is 0.600. The molecule has 0 unspecified atom stereocenters. The molecule has 1 aromatic carbocycles. The second kappa shape index (κ2) is 7.26. The summed E-state index contributed by atoms with van der Waals surface area (Å²) in [4.78, 5) is 9.74. The van der Waals surface area contributed by atoms with Crippen molar-refractivity contribution < 1.29 is 4.52 Å². The molecule has 1 aromatic heterocycles. The fourth-order valence-corrected chi connectivity index (χ4v) is 4.57. The van der Waals surface area contributed by atoms with Crippen LogP contribution in [-0.2, 0) is 6.54 Å². The van der Waals surface area contributed by atoms with E-state index in [2.05, 4.69) is 59.1 Å². The Kier molecular flexibility index (Phi) is 4.86. The van der Waals surface area contributed by atoms with Gasteiger partial charge in [-0.2, -0.15) is 4.98 Å². The van der Waals surface area contributed by atoms with Gasteiger partial charge in [-0.3, -0.25) is 9.80 Å². The van der Waals surface area contributed by atoms with E-state index in [0.29, 0.717) is 18.0 Å². The molecule has 0 radical (unpaired) electrons. The summed E-state index contributed by atoms with van der Waals surface area (Å²) < 4.78 is 5.58. The Labute approximate surface area is 150 Å². The standard InChI is InChI=1S/C20H28N4O/c1-3-23(4-2)14-19-21-20(22-25-19)16-13-18(15-9-6-5-7-10-15)24-12-8-11-17(16)24/h5-7,9-10,16-18H,3-4,8,11-14H2,1-2H3/t16-,17+,18-/m0/s1. The first-order chi connectivity index (χ1) is 12.3. The van der Waals surface area contributed by atoms with Gasteiger partial charge in [0.1, 0.15) is 0 Å². The number of rotatable bonds is 6. The molecule has 134 valence electrons. The molecule has 3 atom stereocenters. The van der Waals surface area contributed by atoms with E-state index in [1.54, 1.807) is 0 Å². The molecule has 5 nitrogen and oxygen atoms in total. The molecule has 2 aliphatic heterocycles. The largest absolute Gasteiger partial charge is 0.338 e. The van der Waals surface area contributed by atoms with E-state index in [4.69, 9.17) is 9.51 Å². The topological polar surface area (TPSA) is 45.4 Å². The van der Waals surface area contributed by atoms with Gasteiger partial charge in [0.15, 0.2) is 5.82 Å². The zero-order valence-corrected chi connectivity index (χ0v) is 15.3. The molecule has 2 aliphatic rings. The SMILES string of the molecule is CCN(CC)Cc1nc([C@H]2C[C@@H](c3ccccc3)N3CCC[C@H]23)no1. The monoisotopic (exact) mass is 340 g/mol. The fourth-order valence-electron chi connectivity index (χ4n) is 4.57. The lowest BCUT2D eigenvalue weighted by atomic mass is 9.94. The van der Waals surface area contributed by atoms with Crippen LogP contribution >= 0.6 is 0 Å². The van der Waals surface area contributed by atoms with E-state index in [1.165, 1.54) is 24.9 Å². The molecule has 25 heavy (non-hydrogen) atoms. The predicted molar refractivity (Wildman–Crippen MR) is 97.2 cm³/mol. The van der Waals surface area contributed by atoms with Crippen LogP contribution in [0.2, 0.25) is 0 Å². The summed E-state index contributed by atoms with van der Waals surface area (Å²) in [5, 5.41) is 4.37. The number of fused-ring (bicyclic) bond motifs is 1. The van der Waals surface area contributed by atoms with Crippen molar-refractivity contribution in [2.75, 3.05) is 19.6 Å². The number of aromatic nitrogens is 2. The molecule has 3 heterocycles. The van der Waals surface area contributed by atoms with Crippen LogP contribution in [0.3, 0.4) is 0 Å². The second-order valence-corrected chi connectivity index (χ2v) is 7.22. The molecule has 0 bridgehead atoms. The van der Waals surface area contributed by atoms with Gasteiger partial charge in [-0.1, -0.05) is 49.3 Å². The van der Waals surface area contributed by atoms with Gasteiger partial charge < -0.3 is 4.52 Å². The van der Waals surface area contributed by atoms with E-state index in [0.717, 1.165) is 37.8 Å². The zero-order chi connectivity index (χ0) is 17.2. The number of nitrogens with zero attached hydrogens (tertiary/aromatic N) is 4. The Hall–Kier alpha value is -1.72. The highest BCUT2D eigenvalue weighted by atomic mass is 16.5. The third-order valence-electron chi connectivity index (χ3n) is 5.94. The summed E-state index contributed by atoms with van der Waals surface area (Å²) in [7, 11) is 0. The molecule has 2 aromatic rings. The maximum Gasteiger partial charge on any atom is 0.240 e. The van der Waals surface area contributed by atoms with Crippen molar-refractivity contribution in [3.63, 3.8) is 0 Å². The second-order valence-electron chi connectivity index (χ2n) is 7.22. The van der Waals surface area contributed by atoms with E-state index in [9.17, 15) is 0 Å². The smallest absolute Gasteiger partial charge is 0.240 e. The van der Waals surface area contributed by atoms with Gasteiger partial charge >= 0.3 is 0 Å². The molecule has 2 saturated heterocycles. The molecule has 0 N–H and O–H groups in total. The highest BCUT2D eigenvalue weighted by molar-refractivity contribution is 5.24. The van der Waals surface area contributed by atoms with Crippen molar-refractivity contribution in [2.24, 2.45) is 0 Å². The highest BCUT2D eigenvalue weighted by Gasteiger charge is 2.46. The predicted octanol–water partition coefficient (Wildman–Crippen LogP) is 3.60. The maximum absolute atomic E-state index is 5.58. The van der Waals surface area contributed by atoms with Crippen LogP contribution in [0.4, 0.5) is 0 Å². The van der Waals surface area contributed by atoms with Crippen molar-refractivity contribution in [1.29, 1.82) is 0 Å². The first-order valence-corrected chi connectivity index (χ1v) is 9.65. The van der Waals surface area contributed by atoms with Gasteiger partial charge in [0, 0.05) is 18.0 Å². The minimum atomic E-state index is 0.391. The summed E-state index contributed by atoms with van der Waals surface area (Å²) in [6.45, 7) is 8.28. The molecule has 0 amide bonds. The summed E-state index contributed by atoms with van der Waals surface area (Å²) in [5.41, 5.74) is 1.42. The van der Waals surface area contributed by atoms with Gasteiger partial charge in [-0.05, 0) is 44.5 Å². The van der Waals surface area contributed by atoms with Crippen molar-refractivity contribution in [2.45, 2.75) is 57.7 Å². The van der Waals surface area contributed by atoms with E-state index < -0.39 is 0 Å². The lowest BCUT2D eigenvalue weighted by molar-refractivity contribution is 0.241. The minimum Gasteiger partial charge on any atom is -0.338 e. The van der Waals surface area contributed by atoms with Gasteiger partial charge in [0.05, 0.1) is 6.54 Å². The van der Waals surface area contributed by atoms with Crippen LogP contribution in [0.5, 0.6) is 0 Å². The molecule has 0 spiro atoms. The molecule has 0 aliphatic carbocycles. The normalized spacial score (nSPS) is 26.4. The Morgan fingerprint density at radius 3 is 2.76 bits per heavy atom. The van der Waals surface area contributed by atoms with Crippen molar-refractivity contribution in [3.05, 3.63) is 47.6 Å². The molecule has 5 heteroatoms. The average molecular weight is 340 g/mol. The van der Waals surface area contributed by atoms with Crippen LogP contribution in [0.1, 0.15) is 62.3 Å². The molecule has 0 saturated carbocycles. The molecule has 4 rings (SSSR count). The minimum absolute atomic E-state index is 0.391. The Morgan fingerprint density at radius 2 is 2.00 bits per heavy atom. The Morgan fingerprint density at radius 1 is 1.20 bits per heavy atom. The average Bonchev–Trinajstić information content (AvgIpc) is 3.36. The summed E-state index contributed by atoms with van der Waals surface area (Å²) in [5.74, 6) is 2.06. The number of hydrogen-bond acceptors (Lipinski definition) is 5. The van der Waals surface area contributed by atoms with E-state index in [1.807, 2.05) is 0 Å². The number of benzene rings is 1.